The molecule has 0 spiro atoms. The highest BCUT2D eigenvalue weighted by Crippen LogP contribution is 2.39. The summed E-state index contributed by atoms with van der Waals surface area (Å²) in [6.45, 7) is 21.0. The molecule has 1 aromatic heterocycles. The highest BCUT2D eigenvalue weighted by molar-refractivity contribution is 5.31. The lowest BCUT2D eigenvalue weighted by atomic mass is 9.76. The van der Waals surface area contributed by atoms with Gasteiger partial charge in [-0.2, -0.15) is 0 Å². The molecule has 0 bridgehead atoms. The van der Waals surface area contributed by atoms with Crippen LogP contribution in [-0.4, -0.2) is 9.97 Å². The minimum absolute atomic E-state index is 0.117. The summed E-state index contributed by atoms with van der Waals surface area (Å²) >= 11 is 0. The Labute approximate surface area is 157 Å². The Morgan fingerprint density at radius 1 is 0.720 bits per heavy atom. The second-order valence-electron chi connectivity index (χ2n) is 9.87. The average molecular weight is 349 g/mol. The average Bonchev–Trinajstić information content (AvgIpc) is 3.01. The molecule has 0 radical (unpaired) electrons. The van der Waals surface area contributed by atoms with Gasteiger partial charge in [0.2, 0.25) is 0 Å². The van der Waals surface area contributed by atoms with E-state index in [4.69, 9.17) is 4.98 Å². The number of hydrogen-bond donors (Lipinski definition) is 1. The van der Waals surface area contributed by atoms with Crippen LogP contribution in [0.5, 0.6) is 0 Å². The SMILES string of the molecule is CCCCCC(C)(C)c1nc(C(C)(C)CCCC)[nH]c1C(C)(C)CC. The van der Waals surface area contributed by atoms with Crippen LogP contribution in [0.3, 0.4) is 0 Å². The molecule has 1 N–H and O–H groups in total. The van der Waals surface area contributed by atoms with Crippen molar-refractivity contribution in [1.82, 2.24) is 9.97 Å². The van der Waals surface area contributed by atoms with E-state index >= 15 is 0 Å². The third kappa shape index (κ3) is 5.59. The number of unbranched alkanes of at least 4 members (excludes halogenated alkanes) is 3. The quantitative estimate of drug-likeness (QED) is 0.414. The lowest BCUT2D eigenvalue weighted by Gasteiger charge is -2.30. The topological polar surface area (TPSA) is 28.7 Å². The molecule has 1 aromatic rings. The minimum atomic E-state index is 0.117. The van der Waals surface area contributed by atoms with Crippen molar-refractivity contribution in [2.45, 2.75) is 130 Å². The predicted molar refractivity (Wildman–Crippen MR) is 112 cm³/mol. The lowest BCUT2D eigenvalue weighted by Crippen LogP contribution is -2.26. The fourth-order valence-electron chi connectivity index (χ4n) is 3.52. The molecule has 0 atom stereocenters. The zero-order valence-electron chi connectivity index (χ0n) is 18.6. The standard InChI is InChI=1S/C23H44N2/c1-10-13-15-17-22(6,7)19-18(21(4,5)12-3)24-20(25-19)23(8,9)16-14-11-2/h10-17H2,1-9H3,(H,24,25). The van der Waals surface area contributed by atoms with Gasteiger partial charge in [-0.25, -0.2) is 4.98 Å². The van der Waals surface area contributed by atoms with Gasteiger partial charge in [-0.1, -0.05) is 94.4 Å². The van der Waals surface area contributed by atoms with Crippen molar-refractivity contribution < 1.29 is 0 Å². The third-order valence-corrected chi connectivity index (χ3v) is 6.11. The predicted octanol–water partition coefficient (Wildman–Crippen LogP) is 7.42. The molecule has 0 aliphatic heterocycles. The summed E-state index contributed by atoms with van der Waals surface area (Å²) in [6.07, 6.45) is 9.92. The van der Waals surface area contributed by atoms with Crippen molar-refractivity contribution >= 4 is 0 Å². The van der Waals surface area contributed by atoms with E-state index in [0.717, 1.165) is 6.42 Å². The van der Waals surface area contributed by atoms with Gasteiger partial charge in [0.05, 0.1) is 5.69 Å². The Morgan fingerprint density at radius 3 is 1.80 bits per heavy atom. The van der Waals surface area contributed by atoms with Crippen molar-refractivity contribution in [3.63, 3.8) is 0 Å². The van der Waals surface area contributed by atoms with E-state index in [1.54, 1.807) is 0 Å². The molecule has 2 heteroatoms. The first-order chi connectivity index (χ1) is 11.5. The summed E-state index contributed by atoms with van der Waals surface area (Å²) in [4.78, 5) is 9.05. The number of nitrogens with zero attached hydrogens (tertiary/aromatic N) is 1. The Balaban J connectivity index is 3.30. The molecule has 0 aromatic carbocycles. The number of rotatable bonds is 11. The van der Waals surface area contributed by atoms with Gasteiger partial charge in [0.25, 0.3) is 0 Å². The number of aromatic amines is 1. The maximum Gasteiger partial charge on any atom is 0.112 e. The zero-order chi connectivity index (χ0) is 19.3. The van der Waals surface area contributed by atoms with Crippen molar-refractivity contribution in [2.75, 3.05) is 0 Å². The summed E-state index contributed by atoms with van der Waals surface area (Å²) in [5.41, 5.74) is 3.08. The first kappa shape index (κ1) is 22.3. The summed E-state index contributed by atoms with van der Waals surface area (Å²) in [5.74, 6) is 1.19. The molecule has 0 saturated heterocycles. The number of hydrogen-bond acceptors (Lipinski definition) is 1. The molecule has 1 rings (SSSR count). The van der Waals surface area contributed by atoms with Gasteiger partial charge >= 0.3 is 0 Å². The number of nitrogens with one attached hydrogen (secondary N) is 1. The maximum atomic E-state index is 5.24. The van der Waals surface area contributed by atoms with E-state index in [1.807, 2.05) is 0 Å². The number of H-pyrrole nitrogens is 1. The van der Waals surface area contributed by atoms with Crippen LogP contribution in [-0.2, 0) is 16.2 Å². The van der Waals surface area contributed by atoms with Gasteiger partial charge in [-0.15, -0.1) is 0 Å². The van der Waals surface area contributed by atoms with E-state index in [0.29, 0.717) is 0 Å². The van der Waals surface area contributed by atoms with Crippen molar-refractivity contribution in [2.24, 2.45) is 0 Å². The van der Waals surface area contributed by atoms with Crippen LogP contribution in [0.15, 0.2) is 0 Å². The van der Waals surface area contributed by atoms with Gasteiger partial charge < -0.3 is 4.98 Å². The normalized spacial score (nSPS) is 13.5. The molecule has 0 aliphatic carbocycles. The molecular formula is C23H44N2. The lowest BCUT2D eigenvalue weighted by molar-refractivity contribution is 0.412. The van der Waals surface area contributed by atoms with E-state index in [-0.39, 0.29) is 16.2 Å². The highest BCUT2D eigenvalue weighted by Gasteiger charge is 2.36. The summed E-state index contributed by atoms with van der Waals surface area (Å²) in [5, 5.41) is 0. The summed E-state index contributed by atoms with van der Waals surface area (Å²) in [6, 6.07) is 0. The molecule has 0 aliphatic rings. The van der Waals surface area contributed by atoms with Gasteiger partial charge in [-0.3, -0.25) is 0 Å². The molecular weight excluding hydrogens is 304 g/mol. The van der Waals surface area contributed by atoms with Crippen molar-refractivity contribution in [3.05, 3.63) is 17.2 Å². The molecule has 0 unspecified atom stereocenters. The molecule has 25 heavy (non-hydrogen) atoms. The molecule has 1 heterocycles. The second kappa shape index (κ2) is 8.73. The Morgan fingerprint density at radius 2 is 1.28 bits per heavy atom. The van der Waals surface area contributed by atoms with Crippen LogP contribution in [0.4, 0.5) is 0 Å². The monoisotopic (exact) mass is 348 g/mol. The maximum absolute atomic E-state index is 5.24. The van der Waals surface area contributed by atoms with E-state index in [1.165, 1.54) is 62.2 Å². The van der Waals surface area contributed by atoms with Gasteiger partial charge in [-0.05, 0) is 19.3 Å². The van der Waals surface area contributed by atoms with E-state index in [9.17, 15) is 0 Å². The van der Waals surface area contributed by atoms with Crippen LogP contribution in [0.2, 0.25) is 0 Å². The summed E-state index contributed by atoms with van der Waals surface area (Å²) in [7, 11) is 0. The van der Waals surface area contributed by atoms with Crippen LogP contribution in [0, 0.1) is 0 Å². The molecule has 146 valence electrons. The number of imidazole rings is 1. The van der Waals surface area contributed by atoms with E-state index in [2.05, 4.69) is 67.3 Å². The second-order valence-corrected chi connectivity index (χ2v) is 9.87. The van der Waals surface area contributed by atoms with Crippen LogP contribution >= 0.6 is 0 Å². The first-order valence-corrected chi connectivity index (χ1v) is 10.6. The molecule has 0 fully saturated rings. The van der Waals surface area contributed by atoms with Crippen LogP contribution < -0.4 is 0 Å². The van der Waals surface area contributed by atoms with Gasteiger partial charge in [0.15, 0.2) is 0 Å². The Bertz CT molecular complexity index is 520. The Kier molecular flexibility index (Phi) is 7.77. The van der Waals surface area contributed by atoms with Gasteiger partial charge in [0, 0.05) is 21.9 Å². The minimum Gasteiger partial charge on any atom is -0.345 e. The number of aromatic nitrogens is 2. The molecule has 0 saturated carbocycles. The van der Waals surface area contributed by atoms with Crippen molar-refractivity contribution in [1.29, 1.82) is 0 Å². The largest absolute Gasteiger partial charge is 0.345 e. The fourth-order valence-corrected chi connectivity index (χ4v) is 3.52. The smallest absolute Gasteiger partial charge is 0.112 e. The fraction of sp³-hybridized carbons (Fsp3) is 0.870. The Hall–Kier alpha value is -0.790. The van der Waals surface area contributed by atoms with Crippen LogP contribution in [0.1, 0.15) is 131 Å². The third-order valence-electron chi connectivity index (χ3n) is 6.11. The molecule has 0 amide bonds. The molecule has 2 nitrogen and oxygen atoms in total. The highest BCUT2D eigenvalue weighted by atomic mass is 15.0. The van der Waals surface area contributed by atoms with Gasteiger partial charge in [0.1, 0.15) is 5.82 Å². The zero-order valence-corrected chi connectivity index (χ0v) is 18.6. The summed E-state index contributed by atoms with van der Waals surface area (Å²) < 4.78 is 0. The van der Waals surface area contributed by atoms with Crippen LogP contribution in [0.25, 0.3) is 0 Å². The van der Waals surface area contributed by atoms with E-state index < -0.39 is 0 Å². The first-order valence-electron chi connectivity index (χ1n) is 10.6. The van der Waals surface area contributed by atoms with Crippen molar-refractivity contribution in [3.8, 4) is 0 Å².